The van der Waals surface area contributed by atoms with Gasteiger partial charge in [-0.05, 0) is 19.1 Å². The van der Waals surface area contributed by atoms with E-state index in [9.17, 15) is 9.18 Å². The molecular weight excluding hydrogens is 213 g/mol. The summed E-state index contributed by atoms with van der Waals surface area (Å²) in [6, 6.07) is 2.21. The van der Waals surface area contributed by atoms with Crippen LogP contribution in [0.2, 0.25) is 0 Å². The van der Waals surface area contributed by atoms with Crippen LogP contribution in [0.5, 0.6) is 5.75 Å². The molecule has 0 aliphatic carbocycles. The van der Waals surface area contributed by atoms with Gasteiger partial charge in [0.15, 0.2) is 6.10 Å². The highest BCUT2D eigenvalue weighted by Gasteiger charge is 2.19. The van der Waals surface area contributed by atoms with Crippen LogP contribution >= 0.6 is 0 Å². The second kappa shape index (κ2) is 4.53. The number of nitrogen functional groups attached to an aromatic ring is 1. The minimum absolute atomic E-state index is 0.0446. The van der Waals surface area contributed by atoms with Crippen molar-refractivity contribution >= 4 is 11.7 Å². The van der Waals surface area contributed by atoms with E-state index in [4.69, 9.17) is 22.0 Å². The fourth-order valence-corrected chi connectivity index (χ4v) is 1.12. The van der Waals surface area contributed by atoms with Gasteiger partial charge in [-0.2, -0.15) is 0 Å². The summed E-state index contributed by atoms with van der Waals surface area (Å²) in [6.07, 6.45) is 4.46. The number of benzene rings is 1. The molecule has 1 unspecified atom stereocenters. The van der Waals surface area contributed by atoms with Gasteiger partial charge in [-0.3, -0.25) is 0 Å². The van der Waals surface area contributed by atoms with E-state index in [1.807, 2.05) is 0 Å². The number of ether oxygens (including phenoxy) is 1. The lowest BCUT2D eigenvalue weighted by molar-refractivity contribution is 0.0692. The largest absolute Gasteiger partial charge is 0.477 e. The minimum atomic E-state index is -1.36. The first-order valence-corrected chi connectivity index (χ1v) is 4.41. The molecular formula is C11H10FNO3. The van der Waals surface area contributed by atoms with Gasteiger partial charge in [-0.25, -0.2) is 9.18 Å². The lowest BCUT2D eigenvalue weighted by atomic mass is 10.1. The molecule has 0 heterocycles. The normalized spacial score (nSPS) is 11.6. The Morgan fingerprint density at radius 1 is 1.69 bits per heavy atom. The highest BCUT2D eigenvalue weighted by Crippen LogP contribution is 2.27. The highest BCUT2D eigenvalue weighted by molar-refractivity contribution is 5.96. The van der Waals surface area contributed by atoms with Crippen molar-refractivity contribution in [1.29, 1.82) is 0 Å². The van der Waals surface area contributed by atoms with Crippen molar-refractivity contribution in [3.05, 3.63) is 23.5 Å². The Balaban J connectivity index is 3.25. The van der Waals surface area contributed by atoms with Crippen LogP contribution in [0.3, 0.4) is 0 Å². The van der Waals surface area contributed by atoms with Crippen LogP contribution in [0.1, 0.15) is 17.3 Å². The third-order valence-electron chi connectivity index (χ3n) is 1.91. The van der Waals surface area contributed by atoms with Crippen molar-refractivity contribution in [3.8, 4) is 18.1 Å². The van der Waals surface area contributed by atoms with Gasteiger partial charge in [0.25, 0.3) is 0 Å². The molecule has 0 fully saturated rings. The maximum absolute atomic E-state index is 13.1. The lowest BCUT2D eigenvalue weighted by Gasteiger charge is -2.13. The van der Waals surface area contributed by atoms with Crippen LogP contribution in [0.15, 0.2) is 12.1 Å². The standard InChI is InChI=1S/C11H10FNO3/c1-3-6(2)16-8-5-4-7(12)10(13)9(8)11(14)15/h1,4-6H,13H2,2H3,(H,14,15). The maximum atomic E-state index is 13.1. The molecule has 0 spiro atoms. The fourth-order valence-electron chi connectivity index (χ4n) is 1.12. The number of carbonyl (C=O) groups is 1. The van der Waals surface area contributed by atoms with E-state index >= 15 is 0 Å². The van der Waals surface area contributed by atoms with Gasteiger partial charge in [-0.1, -0.05) is 5.92 Å². The SMILES string of the molecule is C#CC(C)Oc1ccc(F)c(N)c1C(=O)O. The van der Waals surface area contributed by atoms with Gasteiger partial charge in [0.1, 0.15) is 17.1 Å². The molecule has 1 aromatic carbocycles. The summed E-state index contributed by atoms with van der Waals surface area (Å²) in [4.78, 5) is 10.9. The van der Waals surface area contributed by atoms with Gasteiger partial charge < -0.3 is 15.6 Å². The monoisotopic (exact) mass is 223 g/mol. The van der Waals surface area contributed by atoms with Crippen LogP contribution in [-0.2, 0) is 0 Å². The van der Waals surface area contributed by atoms with Crippen molar-refractivity contribution in [2.45, 2.75) is 13.0 Å². The van der Waals surface area contributed by atoms with Gasteiger partial charge in [-0.15, -0.1) is 6.42 Å². The number of hydrogen-bond donors (Lipinski definition) is 2. The molecule has 5 heteroatoms. The number of hydrogen-bond acceptors (Lipinski definition) is 3. The van der Waals surface area contributed by atoms with E-state index in [0.717, 1.165) is 6.07 Å². The Labute approximate surface area is 91.8 Å². The summed E-state index contributed by atoms with van der Waals surface area (Å²) in [5, 5.41) is 8.88. The Kier molecular flexibility index (Phi) is 3.36. The van der Waals surface area contributed by atoms with E-state index in [1.165, 1.54) is 6.07 Å². The Hall–Kier alpha value is -2.22. The van der Waals surface area contributed by atoms with Crippen molar-refractivity contribution in [1.82, 2.24) is 0 Å². The number of carboxylic acids is 1. The zero-order valence-corrected chi connectivity index (χ0v) is 8.53. The summed E-state index contributed by atoms with van der Waals surface area (Å²) in [6.45, 7) is 1.56. The average molecular weight is 223 g/mol. The minimum Gasteiger partial charge on any atom is -0.477 e. The molecule has 3 N–H and O–H groups in total. The molecule has 1 rings (SSSR count). The first-order valence-electron chi connectivity index (χ1n) is 4.41. The lowest BCUT2D eigenvalue weighted by Crippen LogP contribution is -2.13. The van der Waals surface area contributed by atoms with E-state index in [2.05, 4.69) is 5.92 Å². The number of halogens is 1. The molecule has 0 amide bonds. The number of anilines is 1. The van der Waals surface area contributed by atoms with Crippen molar-refractivity contribution in [2.75, 3.05) is 5.73 Å². The highest BCUT2D eigenvalue weighted by atomic mass is 19.1. The van der Waals surface area contributed by atoms with E-state index < -0.39 is 29.1 Å². The third-order valence-corrected chi connectivity index (χ3v) is 1.91. The molecule has 4 nitrogen and oxygen atoms in total. The second-order valence-corrected chi connectivity index (χ2v) is 3.07. The second-order valence-electron chi connectivity index (χ2n) is 3.07. The van der Waals surface area contributed by atoms with Crippen LogP contribution in [-0.4, -0.2) is 17.2 Å². The number of carboxylic acid groups (broad SMARTS) is 1. The Bertz CT molecular complexity index is 465. The summed E-state index contributed by atoms with van der Waals surface area (Å²) < 4.78 is 18.2. The molecule has 0 radical (unpaired) electrons. The summed E-state index contributed by atoms with van der Waals surface area (Å²) in [5.74, 6) is 0.0474. The quantitative estimate of drug-likeness (QED) is 0.601. The topological polar surface area (TPSA) is 72.5 Å². The van der Waals surface area contributed by atoms with Gasteiger partial charge in [0.2, 0.25) is 0 Å². The van der Waals surface area contributed by atoms with Crippen LogP contribution in [0.25, 0.3) is 0 Å². The third kappa shape index (κ3) is 2.23. The Morgan fingerprint density at radius 3 is 2.81 bits per heavy atom. The maximum Gasteiger partial charge on any atom is 0.341 e. The van der Waals surface area contributed by atoms with Gasteiger partial charge in [0.05, 0.1) is 5.69 Å². The predicted molar refractivity (Wildman–Crippen MR) is 56.7 cm³/mol. The average Bonchev–Trinajstić information content (AvgIpc) is 2.23. The summed E-state index contributed by atoms with van der Waals surface area (Å²) >= 11 is 0. The zero-order valence-electron chi connectivity index (χ0n) is 8.53. The zero-order chi connectivity index (χ0) is 12.3. The number of aromatic carboxylic acids is 1. The smallest absolute Gasteiger partial charge is 0.341 e. The van der Waals surface area contributed by atoms with Crippen LogP contribution in [0, 0.1) is 18.2 Å². The molecule has 0 aromatic heterocycles. The Morgan fingerprint density at radius 2 is 2.31 bits per heavy atom. The molecule has 0 saturated heterocycles. The fraction of sp³-hybridized carbons (Fsp3) is 0.182. The summed E-state index contributed by atoms with van der Waals surface area (Å²) in [5.41, 5.74) is 4.44. The number of rotatable bonds is 3. The van der Waals surface area contributed by atoms with E-state index in [1.54, 1.807) is 6.92 Å². The van der Waals surface area contributed by atoms with E-state index in [0.29, 0.717) is 0 Å². The molecule has 0 bridgehead atoms. The molecule has 1 aromatic rings. The van der Waals surface area contributed by atoms with Gasteiger partial charge >= 0.3 is 5.97 Å². The van der Waals surface area contributed by atoms with Gasteiger partial charge in [0, 0.05) is 0 Å². The molecule has 1 atom stereocenters. The first-order chi connectivity index (χ1) is 7.47. The number of terminal acetylenes is 1. The summed E-state index contributed by atoms with van der Waals surface area (Å²) in [7, 11) is 0. The van der Waals surface area contributed by atoms with E-state index in [-0.39, 0.29) is 5.75 Å². The number of nitrogens with two attached hydrogens (primary N) is 1. The molecule has 0 aliphatic rings. The van der Waals surface area contributed by atoms with Crippen molar-refractivity contribution in [3.63, 3.8) is 0 Å². The molecule has 0 aliphatic heterocycles. The van der Waals surface area contributed by atoms with Crippen molar-refractivity contribution in [2.24, 2.45) is 0 Å². The van der Waals surface area contributed by atoms with Crippen molar-refractivity contribution < 1.29 is 19.0 Å². The molecule has 0 saturated carbocycles. The van der Waals surface area contributed by atoms with Crippen LogP contribution in [0.4, 0.5) is 10.1 Å². The molecule has 84 valence electrons. The first kappa shape index (κ1) is 11.9. The predicted octanol–water partition coefficient (Wildman–Crippen LogP) is 1.51. The molecule has 16 heavy (non-hydrogen) atoms. The van der Waals surface area contributed by atoms with Crippen LogP contribution < -0.4 is 10.5 Å².